The molecule has 0 aliphatic heterocycles. The average Bonchev–Trinajstić information content (AvgIpc) is 2.88. The molecule has 23 heavy (non-hydrogen) atoms. The smallest absolute Gasteiger partial charge is 0.267 e. The summed E-state index contributed by atoms with van der Waals surface area (Å²) >= 11 is 0. The molecule has 0 saturated heterocycles. The van der Waals surface area contributed by atoms with E-state index >= 15 is 0 Å². The molecule has 0 aliphatic carbocycles. The summed E-state index contributed by atoms with van der Waals surface area (Å²) in [6, 6.07) is 4.46. The predicted octanol–water partition coefficient (Wildman–Crippen LogP) is 2.38. The van der Waals surface area contributed by atoms with Crippen molar-refractivity contribution in [2.45, 2.75) is 26.9 Å². The Morgan fingerprint density at radius 2 is 2.09 bits per heavy atom. The zero-order chi connectivity index (χ0) is 17.0. The summed E-state index contributed by atoms with van der Waals surface area (Å²) in [6.45, 7) is 6.67. The van der Waals surface area contributed by atoms with Gasteiger partial charge in [-0.2, -0.15) is 0 Å². The van der Waals surface area contributed by atoms with Crippen molar-refractivity contribution in [2.75, 3.05) is 19.8 Å². The van der Waals surface area contributed by atoms with Crippen molar-refractivity contribution in [1.82, 2.24) is 10.3 Å². The average molecular weight is 322 g/mol. The maximum absolute atomic E-state index is 13.4. The molecule has 5 nitrogen and oxygen atoms in total. The number of benzene rings is 1. The fourth-order valence-electron chi connectivity index (χ4n) is 2.30. The number of aliphatic hydroxyl groups is 1. The van der Waals surface area contributed by atoms with Crippen molar-refractivity contribution in [3.05, 3.63) is 35.3 Å². The molecule has 0 spiro atoms. The summed E-state index contributed by atoms with van der Waals surface area (Å²) in [6.07, 6.45) is -0.763. The molecule has 126 valence electrons. The van der Waals surface area contributed by atoms with E-state index in [1.165, 1.54) is 12.1 Å². The summed E-state index contributed by atoms with van der Waals surface area (Å²) in [4.78, 5) is 15.0. The van der Waals surface area contributed by atoms with E-state index in [1.807, 2.05) is 13.8 Å². The monoisotopic (exact) mass is 322 g/mol. The molecule has 1 heterocycles. The summed E-state index contributed by atoms with van der Waals surface area (Å²) in [7, 11) is 0. The van der Waals surface area contributed by atoms with Crippen LogP contribution in [0.15, 0.2) is 18.2 Å². The number of hydrogen-bond donors (Lipinski definition) is 3. The Morgan fingerprint density at radius 3 is 2.78 bits per heavy atom. The second kappa shape index (κ2) is 7.57. The van der Waals surface area contributed by atoms with Crippen LogP contribution in [0.3, 0.4) is 0 Å². The van der Waals surface area contributed by atoms with Gasteiger partial charge in [-0.1, -0.05) is 13.8 Å². The van der Waals surface area contributed by atoms with Crippen LogP contribution in [0, 0.1) is 18.7 Å². The molecule has 1 atom stereocenters. The molecule has 0 fully saturated rings. The molecule has 2 aromatic rings. The molecule has 1 aromatic heterocycles. The standard InChI is InChI=1S/C17H23FN2O3/c1-10(2)8-23-9-13(21)7-19-17(22)16-6-14-11(3)4-12(18)5-15(14)20-16/h4-6,10,13,20-21H,7-9H2,1-3H3,(H,19,22). The van der Waals surface area contributed by atoms with Gasteiger partial charge in [0.2, 0.25) is 0 Å². The maximum atomic E-state index is 13.4. The normalized spacial score (nSPS) is 12.8. The summed E-state index contributed by atoms with van der Waals surface area (Å²) in [5.74, 6) is -0.294. The number of carbonyl (C=O) groups excluding carboxylic acids is 1. The number of nitrogens with one attached hydrogen (secondary N) is 2. The first-order valence-electron chi connectivity index (χ1n) is 7.69. The van der Waals surface area contributed by atoms with Crippen LogP contribution < -0.4 is 5.32 Å². The highest BCUT2D eigenvalue weighted by Gasteiger charge is 2.13. The SMILES string of the molecule is Cc1cc(F)cc2[nH]c(C(=O)NCC(O)COCC(C)C)cc12. The molecule has 0 bridgehead atoms. The second-order valence-electron chi connectivity index (χ2n) is 6.16. The van der Waals surface area contributed by atoms with E-state index < -0.39 is 6.10 Å². The number of aromatic amines is 1. The number of H-pyrrole nitrogens is 1. The maximum Gasteiger partial charge on any atom is 0.267 e. The molecular formula is C17H23FN2O3. The Balaban J connectivity index is 1.92. The van der Waals surface area contributed by atoms with Crippen molar-refractivity contribution in [3.63, 3.8) is 0 Å². The fraction of sp³-hybridized carbons (Fsp3) is 0.471. The van der Waals surface area contributed by atoms with Crippen LogP contribution in [0.4, 0.5) is 4.39 Å². The second-order valence-corrected chi connectivity index (χ2v) is 6.16. The van der Waals surface area contributed by atoms with E-state index in [0.29, 0.717) is 23.7 Å². The number of aryl methyl sites for hydroxylation is 1. The van der Waals surface area contributed by atoms with E-state index in [-0.39, 0.29) is 24.9 Å². The van der Waals surface area contributed by atoms with Gasteiger partial charge < -0.3 is 20.1 Å². The van der Waals surface area contributed by atoms with Gasteiger partial charge in [-0.05, 0) is 36.6 Å². The Morgan fingerprint density at radius 1 is 1.35 bits per heavy atom. The molecule has 1 amide bonds. The molecule has 1 unspecified atom stereocenters. The van der Waals surface area contributed by atoms with Crippen LogP contribution in [-0.2, 0) is 4.74 Å². The summed E-state index contributed by atoms with van der Waals surface area (Å²) in [5, 5.41) is 13.2. The van der Waals surface area contributed by atoms with E-state index in [9.17, 15) is 14.3 Å². The van der Waals surface area contributed by atoms with Crippen molar-refractivity contribution in [2.24, 2.45) is 5.92 Å². The van der Waals surface area contributed by atoms with Crippen LogP contribution in [0.2, 0.25) is 0 Å². The molecule has 0 radical (unpaired) electrons. The number of halogens is 1. The Hall–Kier alpha value is -1.92. The zero-order valence-electron chi connectivity index (χ0n) is 13.6. The van der Waals surface area contributed by atoms with E-state index in [0.717, 1.165) is 10.9 Å². The Labute approximate surface area is 134 Å². The Kier molecular flexibility index (Phi) is 5.74. The molecule has 1 aromatic carbocycles. The molecule has 0 saturated carbocycles. The summed E-state index contributed by atoms with van der Waals surface area (Å²) in [5.41, 5.74) is 1.68. The van der Waals surface area contributed by atoms with Crippen LogP contribution >= 0.6 is 0 Å². The van der Waals surface area contributed by atoms with Crippen LogP contribution in [-0.4, -0.2) is 41.9 Å². The van der Waals surface area contributed by atoms with Crippen LogP contribution in [0.5, 0.6) is 0 Å². The third kappa shape index (κ3) is 4.77. The summed E-state index contributed by atoms with van der Waals surface area (Å²) < 4.78 is 18.7. The first-order chi connectivity index (χ1) is 10.9. The highest BCUT2D eigenvalue weighted by Crippen LogP contribution is 2.21. The van der Waals surface area contributed by atoms with Crippen molar-refractivity contribution in [3.8, 4) is 0 Å². The van der Waals surface area contributed by atoms with Crippen molar-refractivity contribution in [1.29, 1.82) is 0 Å². The quantitative estimate of drug-likeness (QED) is 0.733. The minimum absolute atomic E-state index is 0.0969. The van der Waals surface area contributed by atoms with Gasteiger partial charge in [0.05, 0.1) is 12.7 Å². The van der Waals surface area contributed by atoms with E-state index in [2.05, 4.69) is 10.3 Å². The predicted molar refractivity (Wildman–Crippen MR) is 87.0 cm³/mol. The molecular weight excluding hydrogens is 299 g/mol. The van der Waals surface area contributed by atoms with Gasteiger partial charge in [-0.3, -0.25) is 4.79 Å². The number of rotatable bonds is 7. The van der Waals surface area contributed by atoms with Gasteiger partial charge in [0.1, 0.15) is 11.5 Å². The van der Waals surface area contributed by atoms with Gasteiger partial charge >= 0.3 is 0 Å². The molecule has 6 heteroatoms. The number of carbonyl (C=O) groups is 1. The highest BCUT2D eigenvalue weighted by atomic mass is 19.1. The highest BCUT2D eigenvalue weighted by molar-refractivity contribution is 5.98. The third-order valence-electron chi connectivity index (χ3n) is 3.41. The van der Waals surface area contributed by atoms with E-state index in [4.69, 9.17) is 4.74 Å². The zero-order valence-corrected chi connectivity index (χ0v) is 13.6. The van der Waals surface area contributed by atoms with Crippen molar-refractivity contribution >= 4 is 16.8 Å². The molecule has 2 rings (SSSR count). The lowest BCUT2D eigenvalue weighted by Crippen LogP contribution is -2.35. The lowest BCUT2D eigenvalue weighted by molar-refractivity contribution is 0.0259. The Bertz CT molecular complexity index is 682. The third-order valence-corrected chi connectivity index (χ3v) is 3.41. The number of aromatic nitrogens is 1. The number of aliphatic hydroxyl groups excluding tert-OH is 1. The topological polar surface area (TPSA) is 74.4 Å². The number of hydrogen-bond acceptors (Lipinski definition) is 3. The largest absolute Gasteiger partial charge is 0.389 e. The van der Waals surface area contributed by atoms with Gasteiger partial charge in [0, 0.05) is 24.1 Å². The minimum atomic E-state index is -0.763. The first-order valence-corrected chi connectivity index (χ1v) is 7.69. The van der Waals surface area contributed by atoms with Gasteiger partial charge in [-0.25, -0.2) is 4.39 Å². The van der Waals surface area contributed by atoms with Crippen LogP contribution in [0.25, 0.3) is 10.9 Å². The van der Waals surface area contributed by atoms with Crippen LogP contribution in [0.1, 0.15) is 29.9 Å². The van der Waals surface area contributed by atoms with Gasteiger partial charge in [0.15, 0.2) is 0 Å². The lowest BCUT2D eigenvalue weighted by atomic mass is 10.1. The van der Waals surface area contributed by atoms with Crippen molar-refractivity contribution < 1.29 is 19.0 Å². The fourth-order valence-corrected chi connectivity index (χ4v) is 2.30. The first kappa shape index (κ1) is 17.4. The number of fused-ring (bicyclic) bond motifs is 1. The number of amides is 1. The lowest BCUT2D eigenvalue weighted by Gasteiger charge is -2.13. The molecule has 3 N–H and O–H groups in total. The minimum Gasteiger partial charge on any atom is -0.389 e. The molecule has 0 aliphatic rings. The van der Waals surface area contributed by atoms with E-state index in [1.54, 1.807) is 13.0 Å². The number of ether oxygens (including phenoxy) is 1. The van der Waals surface area contributed by atoms with Gasteiger partial charge in [-0.15, -0.1) is 0 Å². The van der Waals surface area contributed by atoms with Gasteiger partial charge in [0.25, 0.3) is 5.91 Å².